The van der Waals surface area contributed by atoms with Crippen molar-refractivity contribution in [2.24, 2.45) is 0 Å². The zero-order valence-corrected chi connectivity index (χ0v) is 11.4. The number of aliphatic hydroxyl groups is 1. The summed E-state index contributed by atoms with van der Waals surface area (Å²) in [6.07, 6.45) is 1.16. The Kier molecular flexibility index (Phi) is 5.52. The second-order valence-corrected chi connectivity index (χ2v) is 4.89. The summed E-state index contributed by atoms with van der Waals surface area (Å²) in [6.45, 7) is 3.77. The SMILES string of the molecule is CCC(C)(CCO)NCc1cc([N+](=O)[O-])c(F)cc1F. The van der Waals surface area contributed by atoms with Crippen molar-refractivity contribution in [2.45, 2.75) is 38.8 Å². The molecule has 2 N–H and O–H groups in total. The van der Waals surface area contributed by atoms with Crippen LogP contribution in [0.25, 0.3) is 0 Å². The van der Waals surface area contributed by atoms with Gasteiger partial charge in [-0.25, -0.2) is 4.39 Å². The van der Waals surface area contributed by atoms with E-state index in [9.17, 15) is 18.9 Å². The molecule has 1 atom stereocenters. The van der Waals surface area contributed by atoms with E-state index in [2.05, 4.69) is 5.32 Å². The van der Waals surface area contributed by atoms with Crippen LogP contribution >= 0.6 is 0 Å². The van der Waals surface area contributed by atoms with Crippen molar-refractivity contribution in [2.75, 3.05) is 6.61 Å². The highest BCUT2D eigenvalue weighted by atomic mass is 19.1. The number of aliphatic hydroxyl groups excluding tert-OH is 1. The van der Waals surface area contributed by atoms with Crippen LogP contribution < -0.4 is 5.32 Å². The molecule has 0 spiro atoms. The number of rotatable bonds is 7. The molecule has 0 bridgehead atoms. The van der Waals surface area contributed by atoms with Crippen LogP contribution in [0.2, 0.25) is 0 Å². The number of halogens is 2. The molecule has 5 nitrogen and oxygen atoms in total. The van der Waals surface area contributed by atoms with E-state index in [0.29, 0.717) is 18.9 Å². The Bertz CT molecular complexity index is 497. The molecule has 0 heterocycles. The number of nitrogens with one attached hydrogen (secondary N) is 1. The van der Waals surface area contributed by atoms with Gasteiger partial charge in [0.1, 0.15) is 5.82 Å². The van der Waals surface area contributed by atoms with E-state index in [1.165, 1.54) is 0 Å². The molecule has 1 aromatic rings. The number of benzene rings is 1. The van der Waals surface area contributed by atoms with Crippen molar-refractivity contribution in [3.8, 4) is 0 Å². The Hall–Kier alpha value is -1.60. The van der Waals surface area contributed by atoms with E-state index in [-0.39, 0.29) is 18.7 Å². The van der Waals surface area contributed by atoms with E-state index < -0.39 is 27.8 Å². The molecule has 0 amide bonds. The van der Waals surface area contributed by atoms with Crippen LogP contribution in [0, 0.1) is 21.7 Å². The third-order valence-electron chi connectivity index (χ3n) is 3.46. The first-order valence-corrected chi connectivity index (χ1v) is 6.31. The molecule has 0 aliphatic rings. The van der Waals surface area contributed by atoms with Gasteiger partial charge in [0.2, 0.25) is 5.82 Å². The fraction of sp³-hybridized carbons (Fsp3) is 0.538. The lowest BCUT2D eigenvalue weighted by Crippen LogP contribution is -2.42. The molecule has 0 fully saturated rings. The highest BCUT2D eigenvalue weighted by molar-refractivity contribution is 5.37. The van der Waals surface area contributed by atoms with Gasteiger partial charge in [-0.1, -0.05) is 6.92 Å². The van der Waals surface area contributed by atoms with Crippen LogP contribution in [0.15, 0.2) is 12.1 Å². The summed E-state index contributed by atoms with van der Waals surface area (Å²) < 4.78 is 26.8. The van der Waals surface area contributed by atoms with Gasteiger partial charge < -0.3 is 10.4 Å². The van der Waals surface area contributed by atoms with Gasteiger partial charge in [-0.2, -0.15) is 4.39 Å². The summed E-state index contributed by atoms with van der Waals surface area (Å²) in [6, 6.07) is 1.41. The topological polar surface area (TPSA) is 75.4 Å². The normalized spacial score (nSPS) is 14.1. The molecule has 0 saturated heterocycles. The fourth-order valence-corrected chi connectivity index (χ4v) is 1.80. The summed E-state index contributed by atoms with van der Waals surface area (Å²) >= 11 is 0. The fourth-order valence-electron chi connectivity index (χ4n) is 1.80. The Morgan fingerprint density at radius 3 is 2.55 bits per heavy atom. The van der Waals surface area contributed by atoms with Crippen LogP contribution in [-0.4, -0.2) is 22.2 Å². The van der Waals surface area contributed by atoms with Crippen LogP contribution in [0.4, 0.5) is 14.5 Å². The lowest BCUT2D eigenvalue weighted by Gasteiger charge is -2.29. The second kappa shape index (κ2) is 6.71. The van der Waals surface area contributed by atoms with Crippen molar-refractivity contribution < 1.29 is 18.8 Å². The van der Waals surface area contributed by atoms with Crippen LogP contribution in [0.5, 0.6) is 0 Å². The molecule has 0 radical (unpaired) electrons. The first-order valence-electron chi connectivity index (χ1n) is 6.31. The molecule has 20 heavy (non-hydrogen) atoms. The van der Waals surface area contributed by atoms with Gasteiger partial charge in [0, 0.05) is 36.4 Å². The molecule has 112 valence electrons. The van der Waals surface area contributed by atoms with E-state index in [1.807, 2.05) is 13.8 Å². The first-order chi connectivity index (χ1) is 9.33. The third-order valence-corrected chi connectivity index (χ3v) is 3.46. The summed E-state index contributed by atoms with van der Waals surface area (Å²) in [4.78, 5) is 9.75. The van der Waals surface area contributed by atoms with Gasteiger partial charge in [0.15, 0.2) is 0 Å². The molecule has 0 aromatic heterocycles. The monoisotopic (exact) mass is 288 g/mol. The molecule has 1 aromatic carbocycles. The lowest BCUT2D eigenvalue weighted by atomic mass is 9.94. The van der Waals surface area contributed by atoms with Crippen molar-refractivity contribution >= 4 is 5.69 Å². The summed E-state index contributed by atoms with van der Waals surface area (Å²) in [5.41, 5.74) is -1.14. The number of nitro groups is 1. The van der Waals surface area contributed by atoms with E-state index in [4.69, 9.17) is 5.11 Å². The maximum absolute atomic E-state index is 13.6. The highest BCUT2D eigenvalue weighted by Crippen LogP contribution is 2.22. The second-order valence-electron chi connectivity index (χ2n) is 4.89. The molecule has 1 rings (SSSR count). The highest BCUT2D eigenvalue weighted by Gasteiger charge is 2.23. The molecule has 0 aliphatic heterocycles. The van der Waals surface area contributed by atoms with Crippen LogP contribution in [0.1, 0.15) is 32.3 Å². The molecule has 7 heteroatoms. The molecule has 0 saturated carbocycles. The molecular formula is C13H18F2N2O3. The van der Waals surface area contributed by atoms with Gasteiger partial charge >= 0.3 is 5.69 Å². The van der Waals surface area contributed by atoms with E-state index in [0.717, 1.165) is 6.07 Å². The maximum atomic E-state index is 13.6. The number of hydrogen-bond donors (Lipinski definition) is 2. The summed E-state index contributed by atoms with van der Waals surface area (Å²) in [5, 5.41) is 22.7. The van der Waals surface area contributed by atoms with Gasteiger partial charge in [-0.05, 0) is 19.8 Å². The number of nitro benzene ring substituents is 1. The zero-order chi connectivity index (χ0) is 15.3. The Balaban J connectivity index is 2.92. The smallest absolute Gasteiger partial charge is 0.305 e. The molecular weight excluding hydrogens is 270 g/mol. The van der Waals surface area contributed by atoms with Crippen molar-refractivity contribution in [1.82, 2.24) is 5.32 Å². The minimum absolute atomic E-state index is 0.0238. The average Bonchev–Trinajstić information content (AvgIpc) is 2.37. The quantitative estimate of drug-likeness (QED) is 0.597. The van der Waals surface area contributed by atoms with Crippen LogP contribution in [0.3, 0.4) is 0 Å². The molecule has 1 unspecified atom stereocenters. The number of nitrogens with zero attached hydrogens (tertiary/aromatic N) is 1. The summed E-state index contributed by atoms with van der Waals surface area (Å²) in [7, 11) is 0. The Morgan fingerprint density at radius 2 is 2.05 bits per heavy atom. The minimum Gasteiger partial charge on any atom is -0.396 e. The summed E-state index contributed by atoms with van der Waals surface area (Å²) in [5.74, 6) is -2.02. The van der Waals surface area contributed by atoms with Crippen molar-refractivity contribution in [3.05, 3.63) is 39.4 Å². The minimum atomic E-state index is -1.19. The van der Waals surface area contributed by atoms with Gasteiger partial charge in [0.25, 0.3) is 0 Å². The average molecular weight is 288 g/mol. The third kappa shape index (κ3) is 3.94. The molecule has 0 aliphatic carbocycles. The predicted octanol–water partition coefficient (Wildman–Crippen LogP) is 2.51. The van der Waals surface area contributed by atoms with Gasteiger partial charge in [-0.15, -0.1) is 0 Å². The largest absolute Gasteiger partial charge is 0.396 e. The maximum Gasteiger partial charge on any atom is 0.305 e. The van der Waals surface area contributed by atoms with E-state index >= 15 is 0 Å². The first kappa shape index (κ1) is 16.5. The van der Waals surface area contributed by atoms with Crippen molar-refractivity contribution in [1.29, 1.82) is 0 Å². The predicted molar refractivity (Wildman–Crippen MR) is 70.3 cm³/mol. The van der Waals surface area contributed by atoms with E-state index in [1.54, 1.807) is 0 Å². The lowest BCUT2D eigenvalue weighted by molar-refractivity contribution is -0.387. The van der Waals surface area contributed by atoms with Crippen LogP contribution in [-0.2, 0) is 6.54 Å². The standard InChI is InChI=1S/C13H18F2N2O3/c1-3-13(2,4-5-18)16-8-9-6-12(17(19)20)11(15)7-10(9)14/h6-7,16,18H,3-5,8H2,1-2H3. The van der Waals surface area contributed by atoms with Gasteiger partial charge in [-0.3, -0.25) is 10.1 Å². The zero-order valence-electron chi connectivity index (χ0n) is 11.4. The Morgan fingerprint density at radius 1 is 1.40 bits per heavy atom. The Labute approximate surface area is 115 Å². The number of hydrogen-bond acceptors (Lipinski definition) is 4. The van der Waals surface area contributed by atoms with Crippen molar-refractivity contribution in [3.63, 3.8) is 0 Å². The van der Waals surface area contributed by atoms with Gasteiger partial charge in [0.05, 0.1) is 4.92 Å².